The van der Waals surface area contributed by atoms with E-state index >= 15 is 0 Å². The zero-order valence-corrected chi connectivity index (χ0v) is 11.4. The number of rotatable bonds is 1. The number of fused-ring (bicyclic) bond motifs is 3. The maximum atomic E-state index is 12.5. The Morgan fingerprint density at radius 3 is 3.00 bits per heavy atom. The van der Waals surface area contributed by atoms with Crippen LogP contribution in [-0.4, -0.2) is 51.9 Å². The van der Waals surface area contributed by atoms with Gasteiger partial charge in [0.15, 0.2) is 0 Å². The molecule has 1 amide bonds. The molecule has 3 rings (SSSR count). The van der Waals surface area contributed by atoms with Crippen LogP contribution in [0.3, 0.4) is 0 Å². The number of aliphatic hydroxyl groups excluding tert-OH is 1. The van der Waals surface area contributed by atoms with E-state index in [4.69, 9.17) is 0 Å². The Labute approximate surface area is 112 Å². The van der Waals surface area contributed by atoms with E-state index in [2.05, 4.69) is 17.3 Å². The van der Waals surface area contributed by atoms with Crippen LogP contribution in [0, 0.1) is 5.92 Å². The fourth-order valence-corrected chi connectivity index (χ4v) is 2.98. The number of hydrogen-bond acceptors (Lipinski definition) is 4. The van der Waals surface area contributed by atoms with Gasteiger partial charge in [0.2, 0.25) is 0 Å². The second kappa shape index (κ2) is 4.61. The van der Waals surface area contributed by atoms with E-state index in [-0.39, 0.29) is 18.4 Å². The summed E-state index contributed by atoms with van der Waals surface area (Å²) in [4.78, 5) is 14.2. The number of carbonyl (C=O) groups excluding carboxylic acids is 1. The highest BCUT2D eigenvalue weighted by Gasteiger charge is 2.32. The van der Waals surface area contributed by atoms with Gasteiger partial charge in [0.25, 0.3) is 5.91 Å². The number of amides is 1. The highest BCUT2D eigenvalue weighted by molar-refractivity contribution is 5.94. The monoisotopic (exact) mass is 264 g/mol. The minimum atomic E-state index is 0.0149. The average Bonchev–Trinajstić information content (AvgIpc) is 2.68. The SMILES string of the molecule is C[C@@H]1Cc2nn3c(c2CN1)C(=O)N(C)C[C@@H](CO)C3. The number of aromatic nitrogens is 2. The van der Waals surface area contributed by atoms with Crippen molar-refractivity contribution in [1.82, 2.24) is 20.0 Å². The topological polar surface area (TPSA) is 70.4 Å². The molecule has 19 heavy (non-hydrogen) atoms. The highest BCUT2D eigenvalue weighted by atomic mass is 16.3. The molecular weight excluding hydrogens is 244 g/mol. The van der Waals surface area contributed by atoms with Crippen LogP contribution >= 0.6 is 0 Å². The minimum absolute atomic E-state index is 0.0149. The number of carbonyl (C=O) groups is 1. The van der Waals surface area contributed by atoms with E-state index < -0.39 is 0 Å². The van der Waals surface area contributed by atoms with Gasteiger partial charge in [0, 0.05) is 57.2 Å². The fraction of sp³-hybridized carbons (Fsp3) is 0.692. The molecule has 2 aliphatic rings. The molecule has 1 aromatic rings. The average molecular weight is 264 g/mol. The van der Waals surface area contributed by atoms with E-state index in [1.54, 1.807) is 16.6 Å². The lowest BCUT2D eigenvalue weighted by atomic mass is 10.0. The third-order valence-electron chi connectivity index (χ3n) is 4.03. The summed E-state index contributed by atoms with van der Waals surface area (Å²) in [6.45, 7) is 4.10. The molecule has 0 aliphatic carbocycles. The van der Waals surface area contributed by atoms with Crippen molar-refractivity contribution in [2.24, 2.45) is 5.92 Å². The maximum absolute atomic E-state index is 12.5. The largest absolute Gasteiger partial charge is 0.396 e. The molecule has 0 spiro atoms. The van der Waals surface area contributed by atoms with Crippen molar-refractivity contribution in [2.75, 3.05) is 20.2 Å². The van der Waals surface area contributed by atoms with Crippen LogP contribution in [0.4, 0.5) is 0 Å². The van der Waals surface area contributed by atoms with Gasteiger partial charge in [0.1, 0.15) is 5.69 Å². The third-order valence-corrected chi connectivity index (χ3v) is 4.03. The van der Waals surface area contributed by atoms with Crippen molar-refractivity contribution in [3.8, 4) is 0 Å². The van der Waals surface area contributed by atoms with Gasteiger partial charge in [-0.15, -0.1) is 0 Å². The second-order valence-electron chi connectivity index (χ2n) is 5.68. The Hall–Kier alpha value is -1.40. The molecule has 0 radical (unpaired) electrons. The van der Waals surface area contributed by atoms with Crippen LogP contribution in [-0.2, 0) is 19.5 Å². The van der Waals surface area contributed by atoms with Crippen molar-refractivity contribution in [3.63, 3.8) is 0 Å². The Bertz CT molecular complexity index is 511. The molecule has 0 aromatic carbocycles. The normalized spacial score (nSPS) is 26.9. The number of nitrogens with zero attached hydrogens (tertiary/aromatic N) is 3. The molecule has 0 saturated heterocycles. The van der Waals surface area contributed by atoms with Crippen molar-refractivity contribution >= 4 is 5.91 Å². The molecule has 6 nitrogen and oxygen atoms in total. The summed E-state index contributed by atoms with van der Waals surface area (Å²) in [6.07, 6.45) is 0.857. The predicted octanol–water partition coefficient (Wildman–Crippen LogP) is -0.389. The van der Waals surface area contributed by atoms with Gasteiger partial charge in [-0.2, -0.15) is 5.10 Å². The molecule has 0 bridgehead atoms. The lowest BCUT2D eigenvalue weighted by molar-refractivity contribution is 0.0763. The number of hydrogen-bond donors (Lipinski definition) is 2. The lowest BCUT2D eigenvalue weighted by Gasteiger charge is -2.21. The van der Waals surface area contributed by atoms with Crippen LogP contribution in [0.25, 0.3) is 0 Å². The van der Waals surface area contributed by atoms with E-state index in [1.165, 1.54) is 0 Å². The van der Waals surface area contributed by atoms with E-state index in [0.717, 1.165) is 17.7 Å². The van der Waals surface area contributed by atoms with E-state index in [1.807, 2.05) is 0 Å². The Balaban J connectivity index is 2.05. The van der Waals surface area contributed by atoms with Crippen LogP contribution < -0.4 is 5.32 Å². The van der Waals surface area contributed by atoms with Gasteiger partial charge in [-0.1, -0.05) is 0 Å². The smallest absolute Gasteiger partial charge is 0.272 e. The first-order valence-corrected chi connectivity index (χ1v) is 6.78. The van der Waals surface area contributed by atoms with Crippen molar-refractivity contribution < 1.29 is 9.90 Å². The Morgan fingerprint density at radius 2 is 2.26 bits per heavy atom. The van der Waals surface area contributed by atoms with Crippen LogP contribution in [0.1, 0.15) is 28.7 Å². The van der Waals surface area contributed by atoms with E-state index in [0.29, 0.717) is 31.4 Å². The quantitative estimate of drug-likeness (QED) is 0.725. The summed E-state index contributed by atoms with van der Waals surface area (Å²) in [7, 11) is 1.79. The molecule has 0 saturated carbocycles. The Kier molecular flexibility index (Phi) is 3.06. The van der Waals surface area contributed by atoms with E-state index in [9.17, 15) is 9.90 Å². The van der Waals surface area contributed by atoms with Crippen LogP contribution in [0.5, 0.6) is 0 Å². The van der Waals surface area contributed by atoms with Gasteiger partial charge < -0.3 is 15.3 Å². The molecule has 2 N–H and O–H groups in total. The minimum Gasteiger partial charge on any atom is -0.396 e. The first kappa shape index (κ1) is 12.6. The first-order chi connectivity index (χ1) is 9.10. The molecule has 104 valence electrons. The molecular formula is C13H20N4O2. The molecule has 0 unspecified atom stereocenters. The highest BCUT2D eigenvalue weighted by Crippen LogP contribution is 2.24. The third kappa shape index (κ3) is 2.04. The zero-order valence-electron chi connectivity index (χ0n) is 11.4. The standard InChI is InChI=1S/C13H20N4O2/c1-8-3-11-10(4-14-8)12-13(19)16(2)5-9(7-18)6-17(12)15-11/h8-9,14,18H,3-7H2,1-2H3/t8-,9-/m1/s1. The lowest BCUT2D eigenvalue weighted by Crippen LogP contribution is -2.35. The Morgan fingerprint density at radius 1 is 1.47 bits per heavy atom. The number of aliphatic hydroxyl groups is 1. The summed E-state index contributed by atoms with van der Waals surface area (Å²) in [5, 5.41) is 17.4. The van der Waals surface area contributed by atoms with Crippen LogP contribution in [0.15, 0.2) is 0 Å². The first-order valence-electron chi connectivity index (χ1n) is 6.78. The van der Waals surface area contributed by atoms with Crippen molar-refractivity contribution in [3.05, 3.63) is 17.0 Å². The van der Waals surface area contributed by atoms with Gasteiger partial charge in [-0.3, -0.25) is 9.48 Å². The summed E-state index contributed by atoms with van der Waals surface area (Å²) in [5.74, 6) is 0.0722. The summed E-state index contributed by atoms with van der Waals surface area (Å²) >= 11 is 0. The van der Waals surface area contributed by atoms with Gasteiger partial charge >= 0.3 is 0 Å². The maximum Gasteiger partial charge on any atom is 0.272 e. The van der Waals surface area contributed by atoms with Gasteiger partial charge in [-0.05, 0) is 6.92 Å². The second-order valence-corrected chi connectivity index (χ2v) is 5.68. The van der Waals surface area contributed by atoms with Gasteiger partial charge in [0.05, 0.1) is 5.69 Å². The summed E-state index contributed by atoms with van der Waals surface area (Å²) in [5.41, 5.74) is 2.77. The predicted molar refractivity (Wildman–Crippen MR) is 69.8 cm³/mol. The number of nitrogens with one attached hydrogen (secondary N) is 1. The molecule has 2 aliphatic heterocycles. The van der Waals surface area contributed by atoms with Crippen molar-refractivity contribution in [1.29, 1.82) is 0 Å². The fourth-order valence-electron chi connectivity index (χ4n) is 2.98. The van der Waals surface area contributed by atoms with Crippen molar-refractivity contribution in [2.45, 2.75) is 32.5 Å². The molecule has 3 heterocycles. The molecule has 0 fully saturated rings. The van der Waals surface area contributed by atoms with Gasteiger partial charge in [-0.25, -0.2) is 0 Å². The summed E-state index contributed by atoms with van der Waals surface area (Å²) in [6, 6.07) is 0.396. The zero-order chi connectivity index (χ0) is 13.6. The molecule has 2 atom stereocenters. The van der Waals surface area contributed by atoms with Crippen LogP contribution in [0.2, 0.25) is 0 Å². The summed E-state index contributed by atoms with van der Waals surface area (Å²) < 4.78 is 1.80. The molecule has 1 aromatic heterocycles. The molecule has 6 heteroatoms.